The fraction of sp³-hybridized carbons (Fsp3) is 0.200. The maximum Gasteiger partial charge on any atom is 0.198 e. The number of halogens is 2. The van der Waals surface area contributed by atoms with E-state index in [0.717, 1.165) is 5.82 Å². The maximum atomic E-state index is 12.7. The molecule has 4 nitrogen and oxygen atoms in total. The molecule has 2 rings (SSSR count). The van der Waals surface area contributed by atoms with Gasteiger partial charge in [0.1, 0.15) is 5.82 Å². The van der Waals surface area contributed by atoms with E-state index < -0.39 is 0 Å². The maximum absolute atomic E-state index is 12.7. The Morgan fingerprint density at radius 2 is 2.05 bits per heavy atom. The van der Waals surface area contributed by atoms with Crippen LogP contribution in [0.15, 0.2) is 30.6 Å². The smallest absolute Gasteiger partial charge is 0.198 e. The standard InChI is InChI=1S/C15H15Cl2N3O/c1-9-18-7-14(19-9)12(8-20(2)3)15(21)11-5-4-10(16)6-13(11)17/h4-8H,1-3H3,(H,18,19). The summed E-state index contributed by atoms with van der Waals surface area (Å²) in [6.45, 7) is 1.83. The summed E-state index contributed by atoms with van der Waals surface area (Å²) in [5, 5.41) is 0.815. The molecule has 1 aromatic carbocycles. The second kappa shape index (κ2) is 6.33. The molecule has 0 spiro atoms. The van der Waals surface area contributed by atoms with Crippen molar-refractivity contribution in [3.8, 4) is 0 Å². The van der Waals surface area contributed by atoms with Gasteiger partial charge >= 0.3 is 0 Å². The average molecular weight is 324 g/mol. The monoisotopic (exact) mass is 323 g/mol. The number of imidazole rings is 1. The number of aromatic nitrogens is 2. The second-order valence-corrected chi connectivity index (χ2v) is 5.67. The number of carbonyl (C=O) groups is 1. The van der Waals surface area contributed by atoms with Gasteiger partial charge in [-0.1, -0.05) is 23.2 Å². The largest absolute Gasteiger partial charge is 0.383 e. The number of benzene rings is 1. The normalized spacial score (nSPS) is 11.6. The van der Waals surface area contributed by atoms with Crippen LogP contribution in [0.25, 0.3) is 5.57 Å². The van der Waals surface area contributed by atoms with Crippen LogP contribution in [0.5, 0.6) is 0 Å². The van der Waals surface area contributed by atoms with Crippen LogP contribution in [-0.4, -0.2) is 34.7 Å². The van der Waals surface area contributed by atoms with E-state index in [1.807, 2.05) is 21.0 Å². The molecule has 2 aromatic rings. The van der Waals surface area contributed by atoms with Gasteiger partial charge in [0, 0.05) is 37.1 Å². The first-order chi connectivity index (χ1) is 9.88. The number of allylic oxidation sites excluding steroid dienone is 1. The Balaban J connectivity index is 2.49. The van der Waals surface area contributed by atoms with Crippen molar-refractivity contribution in [1.82, 2.24) is 14.9 Å². The number of Topliss-reactive ketones (excluding diaryl/α,β-unsaturated/α-hetero) is 1. The number of rotatable bonds is 4. The Bertz CT molecular complexity index is 705. The van der Waals surface area contributed by atoms with Crippen molar-refractivity contribution in [2.24, 2.45) is 0 Å². The molecule has 0 bridgehead atoms. The lowest BCUT2D eigenvalue weighted by Gasteiger charge is -2.11. The fourth-order valence-corrected chi connectivity index (χ4v) is 2.37. The first-order valence-corrected chi connectivity index (χ1v) is 7.04. The summed E-state index contributed by atoms with van der Waals surface area (Å²) in [5.41, 5.74) is 1.45. The summed E-state index contributed by atoms with van der Waals surface area (Å²) < 4.78 is 0. The first kappa shape index (κ1) is 15.6. The predicted octanol–water partition coefficient (Wildman–Crippen LogP) is 3.81. The highest BCUT2D eigenvalue weighted by Gasteiger charge is 2.19. The number of carbonyl (C=O) groups excluding carboxylic acids is 1. The van der Waals surface area contributed by atoms with E-state index in [1.165, 1.54) is 0 Å². The van der Waals surface area contributed by atoms with Crippen molar-refractivity contribution in [3.63, 3.8) is 0 Å². The molecule has 0 unspecified atom stereocenters. The molecule has 1 N–H and O–H groups in total. The molecule has 0 radical (unpaired) electrons. The molecule has 0 fully saturated rings. The Labute approximate surface area is 133 Å². The van der Waals surface area contributed by atoms with Crippen LogP contribution in [0.2, 0.25) is 10.0 Å². The lowest BCUT2D eigenvalue weighted by molar-refractivity contribution is 0.105. The third-order valence-electron chi connectivity index (χ3n) is 2.79. The Kier molecular flexibility index (Phi) is 4.70. The molecule has 0 saturated heterocycles. The summed E-state index contributed by atoms with van der Waals surface area (Å²) in [6, 6.07) is 4.82. The zero-order chi connectivity index (χ0) is 15.6. The number of hydrogen-bond donors (Lipinski definition) is 1. The SMILES string of the molecule is Cc1nc(C(=CN(C)C)C(=O)c2ccc(Cl)cc2Cl)c[nH]1. The minimum absolute atomic E-state index is 0.197. The number of ketones is 1. The molecular formula is C15H15Cl2N3O. The van der Waals surface area contributed by atoms with Gasteiger partial charge in [-0.2, -0.15) is 0 Å². The lowest BCUT2D eigenvalue weighted by atomic mass is 10.0. The molecule has 0 atom stereocenters. The Hall–Kier alpha value is -1.78. The Morgan fingerprint density at radius 3 is 2.57 bits per heavy atom. The molecule has 1 heterocycles. The van der Waals surface area contributed by atoms with Gasteiger partial charge in [0.25, 0.3) is 0 Å². The summed E-state index contributed by atoms with van der Waals surface area (Å²) in [7, 11) is 3.69. The lowest BCUT2D eigenvalue weighted by Crippen LogP contribution is -2.10. The number of aryl methyl sites for hydroxylation is 1. The van der Waals surface area contributed by atoms with E-state index in [4.69, 9.17) is 23.2 Å². The highest BCUT2D eigenvalue weighted by molar-refractivity contribution is 6.40. The van der Waals surface area contributed by atoms with Crippen LogP contribution in [0.3, 0.4) is 0 Å². The van der Waals surface area contributed by atoms with Gasteiger partial charge in [0.05, 0.1) is 16.3 Å². The van der Waals surface area contributed by atoms with E-state index in [2.05, 4.69) is 9.97 Å². The highest BCUT2D eigenvalue weighted by atomic mass is 35.5. The number of H-pyrrole nitrogens is 1. The number of hydrogen-bond acceptors (Lipinski definition) is 3. The molecule has 0 saturated carbocycles. The predicted molar refractivity (Wildman–Crippen MR) is 85.8 cm³/mol. The topological polar surface area (TPSA) is 49.0 Å². The first-order valence-electron chi connectivity index (χ1n) is 6.29. The van der Waals surface area contributed by atoms with Gasteiger partial charge in [-0.05, 0) is 25.1 Å². The van der Waals surface area contributed by atoms with E-state index in [0.29, 0.717) is 26.9 Å². The van der Waals surface area contributed by atoms with E-state index >= 15 is 0 Å². The van der Waals surface area contributed by atoms with Crippen LogP contribution in [0, 0.1) is 6.92 Å². The quantitative estimate of drug-likeness (QED) is 0.687. The minimum atomic E-state index is -0.197. The average Bonchev–Trinajstić information content (AvgIpc) is 2.81. The summed E-state index contributed by atoms with van der Waals surface area (Å²) in [4.78, 5) is 21.8. The molecule has 0 aliphatic rings. The van der Waals surface area contributed by atoms with Gasteiger partial charge < -0.3 is 9.88 Å². The minimum Gasteiger partial charge on any atom is -0.383 e. The second-order valence-electron chi connectivity index (χ2n) is 4.83. The van der Waals surface area contributed by atoms with E-state index in [9.17, 15) is 4.79 Å². The van der Waals surface area contributed by atoms with Crippen LogP contribution in [0.4, 0.5) is 0 Å². The van der Waals surface area contributed by atoms with E-state index in [1.54, 1.807) is 35.5 Å². The third-order valence-corrected chi connectivity index (χ3v) is 3.34. The summed E-state index contributed by atoms with van der Waals surface area (Å²) in [5.74, 6) is 0.543. The molecule has 21 heavy (non-hydrogen) atoms. The van der Waals surface area contributed by atoms with Crippen molar-refractivity contribution in [2.75, 3.05) is 14.1 Å². The molecule has 0 aliphatic carbocycles. The van der Waals surface area contributed by atoms with Gasteiger partial charge in [0.15, 0.2) is 5.78 Å². The zero-order valence-corrected chi connectivity index (χ0v) is 13.5. The summed E-state index contributed by atoms with van der Waals surface area (Å²) in [6.07, 6.45) is 3.43. The van der Waals surface area contributed by atoms with Crippen molar-refractivity contribution in [2.45, 2.75) is 6.92 Å². The number of aromatic amines is 1. The molecule has 110 valence electrons. The van der Waals surface area contributed by atoms with Gasteiger partial charge in [-0.25, -0.2) is 4.98 Å². The molecule has 1 aromatic heterocycles. The van der Waals surface area contributed by atoms with Crippen molar-refractivity contribution in [3.05, 3.63) is 57.7 Å². The number of nitrogens with zero attached hydrogens (tertiary/aromatic N) is 2. The van der Waals surface area contributed by atoms with Crippen molar-refractivity contribution in [1.29, 1.82) is 0 Å². The molecule has 6 heteroatoms. The van der Waals surface area contributed by atoms with Gasteiger partial charge in [-0.3, -0.25) is 4.79 Å². The van der Waals surface area contributed by atoms with Crippen molar-refractivity contribution < 1.29 is 4.79 Å². The summed E-state index contributed by atoms with van der Waals surface area (Å²) >= 11 is 12.0. The van der Waals surface area contributed by atoms with Crippen LogP contribution in [-0.2, 0) is 0 Å². The number of nitrogens with one attached hydrogen (secondary N) is 1. The highest BCUT2D eigenvalue weighted by Crippen LogP contribution is 2.26. The molecule has 0 aliphatic heterocycles. The van der Waals surface area contributed by atoms with Crippen molar-refractivity contribution >= 4 is 34.6 Å². The van der Waals surface area contributed by atoms with Crippen LogP contribution < -0.4 is 0 Å². The van der Waals surface area contributed by atoms with Gasteiger partial charge in [0.2, 0.25) is 0 Å². The van der Waals surface area contributed by atoms with Gasteiger partial charge in [-0.15, -0.1) is 0 Å². The third kappa shape index (κ3) is 3.65. The molecular weight excluding hydrogens is 309 g/mol. The fourth-order valence-electron chi connectivity index (χ4n) is 1.87. The van der Waals surface area contributed by atoms with Crippen LogP contribution in [0.1, 0.15) is 21.9 Å². The van der Waals surface area contributed by atoms with E-state index in [-0.39, 0.29) is 5.78 Å². The van der Waals surface area contributed by atoms with Crippen LogP contribution >= 0.6 is 23.2 Å². The zero-order valence-electron chi connectivity index (χ0n) is 11.9. The Morgan fingerprint density at radius 1 is 1.33 bits per heavy atom. The molecule has 0 amide bonds.